The molecule has 0 aromatic carbocycles. The Morgan fingerprint density at radius 2 is 2.43 bits per heavy atom. The molecule has 1 aromatic heterocycles. The fourth-order valence-corrected chi connectivity index (χ4v) is 3.86. The average Bonchev–Trinajstić information content (AvgIpc) is 3.17. The third-order valence-electron chi connectivity index (χ3n) is 4.82. The Hall–Kier alpha value is -1.36. The highest BCUT2D eigenvalue weighted by atomic mass is 16.5. The van der Waals surface area contributed by atoms with E-state index in [-0.39, 0.29) is 17.5 Å². The molecular weight excluding hydrogens is 266 g/mol. The minimum Gasteiger partial charge on any atom is -0.359 e. The Labute approximate surface area is 126 Å². The maximum Gasteiger partial charge on any atom is 0.243 e. The van der Waals surface area contributed by atoms with E-state index in [1.807, 2.05) is 17.9 Å². The van der Waals surface area contributed by atoms with Crippen LogP contribution < -0.4 is 5.32 Å². The number of carbonyl (C=O) groups is 1. The first-order chi connectivity index (χ1) is 10.2. The summed E-state index contributed by atoms with van der Waals surface area (Å²) in [6, 6.07) is 2.03. The predicted octanol–water partition coefficient (Wildman–Crippen LogP) is 2.57. The molecule has 0 spiro atoms. The van der Waals surface area contributed by atoms with Crippen LogP contribution >= 0.6 is 0 Å². The van der Waals surface area contributed by atoms with Crippen molar-refractivity contribution in [2.45, 2.75) is 64.0 Å². The van der Waals surface area contributed by atoms with Gasteiger partial charge in [-0.1, -0.05) is 18.5 Å². The summed E-state index contributed by atoms with van der Waals surface area (Å²) in [5, 5.41) is 7.47. The third-order valence-corrected chi connectivity index (χ3v) is 4.82. The lowest BCUT2D eigenvalue weighted by Crippen LogP contribution is -2.54. The third kappa shape index (κ3) is 2.59. The number of aryl methyl sites for hydroxylation is 1. The quantitative estimate of drug-likeness (QED) is 0.926. The molecule has 3 heterocycles. The van der Waals surface area contributed by atoms with E-state index in [2.05, 4.69) is 17.4 Å². The fourth-order valence-electron chi connectivity index (χ4n) is 3.86. The normalized spacial score (nSPS) is 29.2. The second-order valence-electron chi connectivity index (χ2n) is 6.39. The van der Waals surface area contributed by atoms with E-state index in [4.69, 9.17) is 4.52 Å². The van der Waals surface area contributed by atoms with Gasteiger partial charge in [0, 0.05) is 12.6 Å². The number of amides is 1. The van der Waals surface area contributed by atoms with Gasteiger partial charge in [0.1, 0.15) is 0 Å². The molecule has 21 heavy (non-hydrogen) atoms. The van der Waals surface area contributed by atoms with Crippen molar-refractivity contribution in [1.29, 1.82) is 0 Å². The van der Waals surface area contributed by atoms with Crippen molar-refractivity contribution >= 4 is 5.91 Å². The van der Waals surface area contributed by atoms with E-state index in [1.165, 1.54) is 0 Å². The predicted molar refractivity (Wildman–Crippen MR) is 79.8 cm³/mol. The number of likely N-dealkylation sites (tertiary alicyclic amines) is 1. The minimum absolute atomic E-state index is 0.0647. The van der Waals surface area contributed by atoms with Crippen LogP contribution in [0.1, 0.15) is 62.9 Å². The van der Waals surface area contributed by atoms with Gasteiger partial charge in [0.05, 0.1) is 17.3 Å². The average molecular weight is 291 g/mol. The lowest BCUT2D eigenvalue weighted by atomic mass is 9.89. The van der Waals surface area contributed by atoms with Gasteiger partial charge in [-0.2, -0.15) is 0 Å². The van der Waals surface area contributed by atoms with Crippen molar-refractivity contribution in [1.82, 2.24) is 15.4 Å². The molecule has 1 N–H and O–H groups in total. The van der Waals surface area contributed by atoms with Gasteiger partial charge in [0.25, 0.3) is 0 Å². The Bertz CT molecular complexity index is 505. The summed E-state index contributed by atoms with van der Waals surface area (Å²) in [5.41, 5.74) is 0.540. The maximum absolute atomic E-state index is 13.2. The topological polar surface area (TPSA) is 58.4 Å². The second-order valence-corrected chi connectivity index (χ2v) is 6.39. The van der Waals surface area contributed by atoms with E-state index in [0.717, 1.165) is 63.1 Å². The molecule has 2 aliphatic rings. The first-order valence-corrected chi connectivity index (χ1v) is 8.15. The van der Waals surface area contributed by atoms with Gasteiger partial charge >= 0.3 is 0 Å². The van der Waals surface area contributed by atoms with Gasteiger partial charge in [-0.3, -0.25) is 4.79 Å². The van der Waals surface area contributed by atoms with E-state index < -0.39 is 0 Å². The van der Waals surface area contributed by atoms with Crippen LogP contribution in [0.4, 0.5) is 0 Å². The zero-order valence-corrected chi connectivity index (χ0v) is 13.0. The summed E-state index contributed by atoms with van der Waals surface area (Å²) in [6.45, 7) is 5.85. The van der Waals surface area contributed by atoms with Gasteiger partial charge in [0.2, 0.25) is 5.91 Å². The Balaban J connectivity index is 1.82. The fraction of sp³-hybridized carbons (Fsp3) is 0.750. The number of hydrogen-bond donors (Lipinski definition) is 1. The lowest BCUT2D eigenvalue weighted by Gasteiger charge is -2.34. The molecule has 0 aliphatic carbocycles. The highest BCUT2D eigenvalue weighted by Crippen LogP contribution is 2.37. The van der Waals surface area contributed by atoms with Gasteiger partial charge < -0.3 is 14.7 Å². The number of nitrogens with zero attached hydrogens (tertiary/aromatic N) is 2. The zero-order valence-electron chi connectivity index (χ0n) is 13.0. The molecule has 2 fully saturated rings. The number of carbonyl (C=O) groups excluding carboxylic acids is 1. The van der Waals surface area contributed by atoms with Crippen molar-refractivity contribution in [2.24, 2.45) is 0 Å². The molecule has 116 valence electrons. The smallest absolute Gasteiger partial charge is 0.243 e. The molecule has 5 heteroatoms. The van der Waals surface area contributed by atoms with Crippen molar-refractivity contribution in [3.8, 4) is 0 Å². The molecule has 1 aromatic rings. The summed E-state index contributed by atoms with van der Waals surface area (Å²) in [6.07, 6.45) is 6.01. The highest BCUT2D eigenvalue weighted by molar-refractivity contribution is 5.87. The molecule has 1 amide bonds. The molecule has 2 atom stereocenters. The van der Waals surface area contributed by atoms with Gasteiger partial charge in [-0.25, -0.2) is 0 Å². The maximum atomic E-state index is 13.2. The molecular formula is C16H25N3O2. The molecule has 2 unspecified atom stereocenters. The summed E-state index contributed by atoms with van der Waals surface area (Å²) in [7, 11) is 0. The van der Waals surface area contributed by atoms with Gasteiger partial charge in [-0.15, -0.1) is 0 Å². The Morgan fingerprint density at radius 1 is 1.57 bits per heavy atom. The Morgan fingerprint density at radius 3 is 3.05 bits per heavy atom. The number of nitrogens with one attached hydrogen (secondary N) is 1. The van der Waals surface area contributed by atoms with Crippen LogP contribution in [-0.4, -0.2) is 34.6 Å². The zero-order chi connectivity index (χ0) is 14.9. The molecule has 2 saturated heterocycles. The molecule has 3 rings (SSSR count). The van der Waals surface area contributed by atoms with E-state index >= 15 is 0 Å². The summed E-state index contributed by atoms with van der Waals surface area (Å²) in [5.74, 6) is 1.10. The van der Waals surface area contributed by atoms with E-state index in [9.17, 15) is 4.79 Å². The summed E-state index contributed by atoms with van der Waals surface area (Å²) >= 11 is 0. The molecule has 0 saturated carbocycles. The largest absolute Gasteiger partial charge is 0.359 e. The van der Waals surface area contributed by atoms with Crippen LogP contribution in [0.25, 0.3) is 0 Å². The number of hydrogen-bond acceptors (Lipinski definition) is 4. The second kappa shape index (κ2) is 5.79. The van der Waals surface area contributed by atoms with Crippen molar-refractivity contribution in [3.05, 3.63) is 17.5 Å². The SMILES string of the molecule is CCCC1(C(=O)N2CCCC2c2cc(C)no2)CCCN1. The summed E-state index contributed by atoms with van der Waals surface area (Å²) < 4.78 is 5.42. The molecule has 0 bridgehead atoms. The van der Waals surface area contributed by atoms with Crippen LogP contribution in [0.3, 0.4) is 0 Å². The van der Waals surface area contributed by atoms with Crippen LogP contribution in [0.15, 0.2) is 10.6 Å². The van der Waals surface area contributed by atoms with Crippen LogP contribution in [-0.2, 0) is 4.79 Å². The van der Waals surface area contributed by atoms with Gasteiger partial charge in [0.15, 0.2) is 5.76 Å². The first kappa shape index (κ1) is 14.6. The monoisotopic (exact) mass is 291 g/mol. The van der Waals surface area contributed by atoms with Crippen LogP contribution in [0, 0.1) is 6.92 Å². The van der Waals surface area contributed by atoms with Crippen LogP contribution in [0.2, 0.25) is 0 Å². The van der Waals surface area contributed by atoms with Crippen molar-refractivity contribution < 1.29 is 9.32 Å². The number of rotatable bonds is 4. The van der Waals surface area contributed by atoms with E-state index in [0.29, 0.717) is 0 Å². The standard InChI is InChI=1S/C16H25N3O2/c1-3-7-16(8-5-9-17-16)15(20)19-10-4-6-13(19)14-11-12(2)18-21-14/h11,13,17H,3-10H2,1-2H3. The minimum atomic E-state index is -0.341. The van der Waals surface area contributed by atoms with Gasteiger partial charge in [-0.05, 0) is 45.6 Å². The first-order valence-electron chi connectivity index (χ1n) is 8.15. The van der Waals surface area contributed by atoms with Crippen molar-refractivity contribution in [3.63, 3.8) is 0 Å². The lowest BCUT2D eigenvalue weighted by molar-refractivity contribution is -0.139. The van der Waals surface area contributed by atoms with E-state index in [1.54, 1.807) is 0 Å². The molecule has 0 radical (unpaired) electrons. The van der Waals surface area contributed by atoms with Crippen molar-refractivity contribution in [2.75, 3.05) is 13.1 Å². The molecule has 5 nitrogen and oxygen atoms in total. The highest BCUT2D eigenvalue weighted by Gasteiger charge is 2.46. The Kier molecular flexibility index (Phi) is 4.02. The summed E-state index contributed by atoms with van der Waals surface area (Å²) in [4.78, 5) is 15.2. The molecule has 2 aliphatic heterocycles. The number of aromatic nitrogens is 1. The van der Waals surface area contributed by atoms with Crippen LogP contribution in [0.5, 0.6) is 0 Å².